The lowest BCUT2D eigenvalue weighted by molar-refractivity contribution is -0.117. The Morgan fingerprint density at radius 2 is 2.17 bits per heavy atom. The van der Waals surface area contributed by atoms with E-state index in [9.17, 15) is 4.79 Å². The standard InChI is InChI=1S/C22H25N5O2/c1-26-8-5-15(13-26)14-29-20-12-23-7-4-19(20)17-6-9-27-18(10-17)11-21(25-27)24-22(28)16-2-3-16/h4,6-7,9-12,15-16H,2-3,5,8,13-14H2,1H3,(H,24,25,28)/t15-/m1/s1. The quantitative estimate of drug-likeness (QED) is 0.699. The van der Waals surface area contributed by atoms with Crippen molar-refractivity contribution in [2.75, 3.05) is 32.1 Å². The second kappa shape index (κ2) is 7.48. The predicted octanol–water partition coefficient (Wildman–Crippen LogP) is 3.08. The van der Waals surface area contributed by atoms with Crippen LogP contribution in [0, 0.1) is 11.8 Å². The third-order valence-corrected chi connectivity index (χ3v) is 5.72. The fourth-order valence-electron chi connectivity index (χ4n) is 3.90. The van der Waals surface area contributed by atoms with Crippen LogP contribution in [0.25, 0.3) is 16.6 Å². The van der Waals surface area contributed by atoms with Gasteiger partial charge in [0, 0.05) is 42.4 Å². The molecule has 29 heavy (non-hydrogen) atoms. The zero-order chi connectivity index (χ0) is 19.8. The number of hydrogen-bond acceptors (Lipinski definition) is 5. The van der Waals surface area contributed by atoms with E-state index in [1.54, 1.807) is 16.9 Å². The first-order chi connectivity index (χ1) is 14.2. The molecule has 7 heteroatoms. The Morgan fingerprint density at radius 1 is 1.28 bits per heavy atom. The summed E-state index contributed by atoms with van der Waals surface area (Å²) < 4.78 is 7.94. The zero-order valence-corrected chi connectivity index (χ0v) is 16.5. The van der Waals surface area contributed by atoms with Crippen LogP contribution in [0.15, 0.2) is 42.9 Å². The molecule has 2 aliphatic rings. The Kier molecular flexibility index (Phi) is 4.67. The van der Waals surface area contributed by atoms with E-state index in [2.05, 4.69) is 33.4 Å². The van der Waals surface area contributed by atoms with E-state index in [1.807, 2.05) is 24.4 Å². The van der Waals surface area contributed by atoms with Crippen molar-refractivity contribution in [3.05, 3.63) is 42.9 Å². The predicted molar refractivity (Wildman–Crippen MR) is 111 cm³/mol. The highest BCUT2D eigenvalue weighted by molar-refractivity contribution is 5.93. The van der Waals surface area contributed by atoms with Gasteiger partial charge in [-0.05, 0) is 56.6 Å². The number of nitrogens with zero attached hydrogens (tertiary/aromatic N) is 4. The molecule has 1 saturated carbocycles. The molecular formula is C22H25N5O2. The van der Waals surface area contributed by atoms with E-state index in [0.717, 1.165) is 48.3 Å². The summed E-state index contributed by atoms with van der Waals surface area (Å²) in [6, 6.07) is 7.96. The first-order valence-corrected chi connectivity index (χ1v) is 10.2. The second-order valence-electron chi connectivity index (χ2n) is 8.18. The van der Waals surface area contributed by atoms with Crippen molar-refractivity contribution in [2.45, 2.75) is 19.3 Å². The molecule has 150 valence electrons. The Hall–Kier alpha value is -2.93. The zero-order valence-electron chi connectivity index (χ0n) is 16.5. The minimum atomic E-state index is 0.0657. The molecule has 2 fully saturated rings. The molecule has 1 aliphatic heterocycles. The van der Waals surface area contributed by atoms with Crippen LogP contribution in [0.1, 0.15) is 19.3 Å². The molecule has 3 aromatic rings. The largest absolute Gasteiger partial charge is 0.491 e. The number of carbonyl (C=O) groups is 1. The number of ether oxygens (including phenoxy) is 1. The lowest BCUT2D eigenvalue weighted by Crippen LogP contribution is -2.18. The minimum absolute atomic E-state index is 0.0657. The fraction of sp³-hybridized carbons (Fsp3) is 0.409. The minimum Gasteiger partial charge on any atom is -0.491 e. The van der Waals surface area contributed by atoms with Gasteiger partial charge in [0.05, 0.1) is 18.3 Å². The van der Waals surface area contributed by atoms with Gasteiger partial charge in [-0.2, -0.15) is 5.10 Å². The van der Waals surface area contributed by atoms with Crippen molar-refractivity contribution in [3.8, 4) is 16.9 Å². The average Bonchev–Trinajstić information content (AvgIpc) is 3.38. The van der Waals surface area contributed by atoms with Crippen LogP contribution in [0.3, 0.4) is 0 Å². The number of rotatable bonds is 6. The van der Waals surface area contributed by atoms with Crippen molar-refractivity contribution in [3.63, 3.8) is 0 Å². The van der Waals surface area contributed by atoms with Gasteiger partial charge >= 0.3 is 0 Å². The Labute approximate surface area is 169 Å². The second-order valence-corrected chi connectivity index (χ2v) is 8.18. The normalized spacial score (nSPS) is 19.6. The number of amides is 1. The molecular weight excluding hydrogens is 366 g/mol. The number of likely N-dealkylation sites (tertiary alicyclic amines) is 1. The maximum Gasteiger partial charge on any atom is 0.228 e. The molecule has 3 aromatic heterocycles. The SMILES string of the molecule is CN1CC[C@@H](COc2cnccc2-c2ccn3nc(NC(=O)C4CC4)cc3c2)C1. The Morgan fingerprint density at radius 3 is 2.97 bits per heavy atom. The monoisotopic (exact) mass is 391 g/mol. The van der Waals surface area contributed by atoms with Crippen molar-refractivity contribution < 1.29 is 9.53 Å². The van der Waals surface area contributed by atoms with Crippen LogP contribution in [-0.4, -0.2) is 52.1 Å². The first-order valence-electron chi connectivity index (χ1n) is 10.2. The van der Waals surface area contributed by atoms with Crippen molar-refractivity contribution in [1.29, 1.82) is 0 Å². The molecule has 0 spiro atoms. The summed E-state index contributed by atoms with van der Waals surface area (Å²) in [5, 5.41) is 7.36. The summed E-state index contributed by atoms with van der Waals surface area (Å²) >= 11 is 0. The lowest BCUT2D eigenvalue weighted by Gasteiger charge is -2.15. The molecule has 1 saturated heterocycles. The molecule has 0 bridgehead atoms. The summed E-state index contributed by atoms with van der Waals surface area (Å²) in [7, 11) is 2.15. The molecule has 7 nitrogen and oxygen atoms in total. The third kappa shape index (κ3) is 3.96. The van der Waals surface area contributed by atoms with Gasteiger partial charge < -0.3 is 15.0 Å². The third-order valence-electron chi connectivity index (χ3n) is 5.72. The van der Waals surface area contributed by atoms with Gasteiger partial charge in [-0.15, -0.1) is 0 Å². The molecule has 5 rings (SSSR count). The van der Waals surface area contributed by atoms with Crippen LogP contribution >= 0.6 is 0 Å². The molecule has 4 heterocycles. The topological polar surface area (TPSA) is 71.8 Å². The molecule has 1 N–H and O–H groups in total. The maximum absolute atomic E-state index is 12.0. The summed E-state index contributed by atoms with van der Waals surface area (Å²) in [4.78, 5) is 18.6. The van der Waals surface area contributed by atoms with Gasteiger partial charge in [0.25, 0.3) is 0 Å². The van der Waals surface area contributed by atoms with E-state index in [-0.39, 0.29) is 11.8 Å². The van der Waals surface area contributed by atoms with Crippen LogP contribution in [0.4, 0.5) is 5.82 Å². The van der Waals surface area contributed by atoms with Gasteiger partial charge in [-0.3, -0.25) is 9.78 Å². The van der Waals surface area contributed by atoms with E-state index in [4.69, 9.17) is 4.74 Å². The number of aromatic nitrogens is 3. The van der Waals surface area contributed by atoms with Crippen LogP contribution < -0.4 is 10.1 Å². The van der Waals surface area contributed by atoms with Gasteiger partial charge in [-0.25, -0.2) is 4.52 Å². The molecule has 0 unspecified atom stereocenters. The molecule has 1 atom stereocenters. The van der Waals surface area contributed by atoms with Gasteiger partial charge in [0.15, 0.2) is 5.82 Å². The summed E-state index contributed by atoms with van der Waals surface area (Å²) in [6.45, 7) is 2.91. The van der Waals surface area contributed by atoms with Crippen molar-refractivity contribution in [1.82, 2.24) is 19.5 Å². The number of pyridine rings is 2. The van der Waals surface area contributed by atoms with Gasteiger partial charge in [0.1, 0.15) is 5.75 Å². The smallest absolute Gasteiger partial charge is 0.228 e. The highest BCUT2D eigenvalue weighted by atomic mass is 16.5. The maximum atomic E-state index is 12.0. The lowest BCUT2D eigenvalue weighted by atomic mass is 10.1. The van der Waals surface area contributed by atoms with E-state index in [0.29, 0.717) is 18.3 Å². The van der Waals surface area contributed by atoms with Crippen molar-refractivity contribution >= 4 is 17.2 Å². The number of carbonyl (C=O) groups excluding carboxylic acids is 1. The van der Waals surface area contributed by atoms with E-state index < -0.39 is 0 Å². The van der Waals surface area contributed by atoms with E-state index in [1.165, 1.54) is 6.42 Å². The highest BCUT2D eigenvalue weighted by Gasteiger charge is 2.30. The average molecular weight is 391 g/mol. The first kappa shape index (κ1) is 18.1. The molecule has 0 aromatic carbocycles. The summed E-state index contributed by atoms with van der Waals surface area (Å²) in [6.07, 6.45) is 8.61. The van der Waals surface area contributed by atoms with Crippen LogP contribution in [-0.2, 0) is 4.79 Å². The number of fused-ring (bicyclic) bond motifs is 1. The Bertz CT molecular complexity index is 1040. The van der Waals surface area contributed by atoms with E-state index >= 15 is 0 Å². The fourth-order valence-corrected chi connectivity index (χ4v) is 3.90. The number of hydrogen-bond donors (Lipinski definition) is 1. The number of nitrogens with one attached hydrogen (secondary N) is 1. The molecule has 1 amide bonds. The highest BCUT2D eigenvalue weighted by Crippen LogP contribution is 2.32. The van der Waals surface area contributed by atoms with Crippen LogP contribution in [0.5, 0.6) is 5.75 Å². The summed E-state index contributed by atoms with van der Waals surface area (Å²) in [5.41, 5.74) is 2.98. The number of anilines is 1. The van der Waals surface area contributed by atoms with Gasteiger partial charge in [-0.1, -0.05) is 0 Å². The van der Waals surface area contributed by atoms with Crippen LogP contribution in [0.2, 0.25) is 0 Å². The molecule has 1 aliphatic carbocycles. The summed E-state index contributed by atoms with van der Waals surface area (Å²) in [5.74, 6) is 2.18. The van der Waals surface area contributed by atoms with Crippen molar-refractivity contribution in [2.24, 2.45) is 11.8 Å². The van der Waals surface area contributed by atoms with Gasteiger partial charge in [0.2, 0.25) is 5.91 Å². The Balaban J connectivity index is 1.36. The molecule has 0 radical (unpaired) electrons.